The van der Waals surface area contributed by atoms with E-state index in [4.69, 9.17) is 5.11 Å². The van der Waals surface area contributed by atoms with Gasteiger partial charge in [-0.25, -0.2) is 4.79 Å². The van der Waals surface area contributed by atoms with Crippen LogP contribution in [-0.4, -0.2) is 57.8 Å². The number of nitrogens with zero attached hydrogens (tertiary/aromatic N) is 2. The first-order valence-corrected chi connectivity index (χ1v) is 6.06. The summed E-state index contributed by atoms with van der Waals surface area (Å²) in [7, 11) is 0. The third-order valence-electron chi connectivity index (χ3n) is 3.28. The molecule has 1 unspecified atom stereocenters. The highest BCUT2D eigenvalue weighted by atomic mass is 16.4. The minimum absolute atomic E-state index is 0.0114. The molecule has 6 nitrogen and oxygen atoms in total. The van der Waals surface area contributed by atoms with Crippen LogP contribution in [-0.2, 0) is 11.3 Å². The van der Waals surface area contributed by atoms with Gasteiger partial charge in [-0.2, -0.15) is 0 Å². The van der Waals surface area contributed by atoms with Gasteiger partial charge in [0, 0.05) is 19.6 Å². The molecule has 1 aliphatic rings. The summed E-state index contributed by atoms with van der Waals surface area (Å²) in [5, 5.41) is 18.2. The highest BCUT2D eigenvalue weighted by molar-refractivity contribution is 5.75. The van der Waals surface area contributed by atoms with Crippen LogP contribution in [0.2, 0.25) is 0 Å². The normalized spacial score (nSPS) is 20.2. The maximum atomic E-state index is 11.3. The zero-order chi connectivity index (χ0) is 13.8. The number of amides is 1. The van der Waals surface area contributed by atoms with Gasteiger partial charge in [0.1, 0.15) is 6.04 Å². The molecule has 2 N–H and O–H groups in total. The molecule has 1 aliphatic heterocycles. The van der Waals surface area contributed by atoms with E-state index < -0.39 is 18.1 Å². The molecule has 1 saturated heterocycles. The number of aliphatic carboxylic acids is 1. The molecule has 1 aromatic carbocycles. The third-order valence-corrected chi connectivity index (χ3v) is 3.28. The van der Waals surface area contributed by atoms with Gasteiger partial charge in [0.2, 0.25) is 0 Å². The number of carboxylic acids is 1. The zero-order valence-electron chi connectivity index (χ0n) is 10.4. The fourth-order valence-corrected chi connectivity index (χ4v) is 2.24. The molecule has 1 amide bonds. The molecular formula is C13H16N2O4. The number of piperazine rings is 1. The molecule has 6 heteroatoms. The van der Waals surface area contributed by atoms with Crippen molar-refractivity contribution in [1.82, 2.24) is 9.80 Å². The summed E-state index contributed by atoms with van der Waals surface area (Å²) in [4.78, 5) is 25.1. The Balaban J connectivity index is 2.07. The summed E-state index contributed by atoms with van der Waals surface area (Å²) in [6, 6.07) is 8.79. The molecule has 1 fully saturated rings. The summed E-state index contributed by atoms with van der Waals surface area (Å²) < 4.78 is 0. The first-order chi connectivity index (χ1) is 9.08. The smallest absolute Gasteiger partial charge is 0.407 e. The van der Waals surface area contributed by atoms with Crippen molar-refractivity contribution in [2.24, 2.45) is 0 Å². The lowest BCUT2D eigenvalue weighted by Crippen LogP contribution is -2.57. The number of rotatable bonds is 3. The van der Waals surface area contributed by atoms with Crippen molar-refractivity contribution in [2.45, 2.75) is 12.6 Å². The lowest BCUT2D eigenvalue weighted by Gasteiger charge is -2.38. The van der Waals surface area contributed by atoms with Crippen LogP contribution in [0.4, 0.5) is 4.79 Å². The second-order valence-electron chi connectivity index (χ2n) is 4.54. The summed E-state index contributed by atoms with van der Waals surface area (Å²) in [5.74, 6) is -0.984. The maximum absolute atomic E-state index is 11.3. The average Bonchev–Trinajstić information content (AvgIpc) is 2.39. The summed E-state index contributed by atoms with van der Waals surface area (Å²) >= 11 is 0. The highest BCUT2D eigenvalue weighted by Gasteiger charge is 2.34. The van der Waals surface area contributed by atoms with Crippen LogP contribution in [0.25, 0.3) is 0 Å². The minimum atomic E-state index is -1.06. The average molecular weight is 264 g/mol. The van der Waals surface area contributed by atoms with Crippen molar-refractivity contribution in [2.75, 3.05) is 19.6 Å². The van der Waals surface area contributed by atoms with Crippen molar-refractivity contribution >= 4 is 12.1 Å². The quantitative estimate of drug-likeness (QED) is 0.849. The summed E-state index contributed by atoms with van der Waals surface area (Å²) in [6.45, 7) is 1.30. The summed E-state index contributed by atoms with van der Waals surface area (Å²) in [6.07, 6.45) is -1.06. The fraction of sp³-hybridized carbons (Fsp3) is 0.385. The molecule has 102 valence electrons. The van der Waals surface area contributed by atoms with Crippen LogP contribution in [0.1, 0.15) is 5.56 Å². The van der Waals surface area contributed by atoms with Crippen LogP contribution < -0.4 is 0 Å². The van der Waals surface area contributed by atoms with Gasteiger partial charge in [-0.3, -0.25) is 9.69 Å². The number of carbonyl (C=O) groups is 2. The van der Waals surface area contributed by atoms with Gasteiger partial charge >= 0.3 is 12.1 Å². The van der Waals surface area contributed by atoms with E-state index >= 15 is 0 Å². The number of hydrogen-bond donors (Lipinski definition) is 2. The van der Waals surface area contributed by atoms with Crippen LogP contribution in [0.3, 0.4) is 0 Å². The van der Waals surface area contributed by atoms with Gasteiger partial charge in [0.15, 0.2) is 0 Å². The van der Waals surface area contributed by atoms with Gasteiger partial charge < -0.3 is 15.1 Å². The summed E-state index contributed by atoms with van der Waals surface area (Å²) in [5.41, 5.74) is 1.03. The van der Waals surface area contributed by atoms with Gasteiger partial charge in [-0.1, -0.05) is 30.3 Å². The van der Waals surface area contributed by atoms with E-state index in [1.54, 1.807) is 4.90 Å². The SMILES string of the molecule is O=C(O)C1CN(C(=O)O)CCN1Cc1ccccc1. The largest absolute Gasteiger partial charge is 0.480 e. The molecule has 0 spiro atoms. The van der Waals surface area contributed by atoms with E-state index in [1.807, 2.05) is 30.3 Å². The Hall–Kier alpha value is -2.08. The predicted octanol–water partition coefficient (Wildman–Crippen LogP) is 0.935. The molecule has 19 heavy (non-hydrogen) atoms. The lowest BCUT2D eigenvalue weighted by molar-refractivity contribution is -0.145. The van der Waals surface area contributed by atoms with Crippen LogP contribution in [0.5, 0.6) is 0 Å². The van der Waals surface area contributed by atoms with E-state index in [9.17, 15) is 14.7 Å². The molecule has 1 aromatic rings. The molecule has 2 rings (SSSR count). The molecule has 0 aromatic heterocycles. The molecular weight excluding hydrogens is 248 g/mol. The number of benzene rings is 1. The Kier molecular flexibility index (Phi) is 4.01. The molecule has 0 saturated carbocycles. The Morgan fingerprint density at radius 1 is 1.16 bits per heavy atom. The Morgan fingerprint density at radius 2 is 1.84 bits per heavy atom. The van der Waals surface area contributed by atoms with Crippen molar-refractivity contribution in [3.63, 3.8) is 0 Å². The molecule has 0 aliphatic carbocycles. The number of carboxylic acid groups (broad SMARTS) is 2. The van der Waals surface area contributed by atoms with Crippen LogP contribution in [0, 0.1) is 0 Å². The van der Waals surface area contributed by atoms with E-state index in [0.29, 0.717) is 19.6 Å². The van der Waals surface area contributed by atoms with Crippen LogP contribution in [0.15, 0.2) is 30.3 Å². The minimum Gasteiger partial charge on any atom is -0.480 e. The van der Waals surface area contributed by atoms with Gasteiger partial charge in [-0.15, -0.1) is 0 Å². The van der Waals surface area contributed by atoms with Crippen molar-refractivity contribution in [3.05, 3.63) is 35.9 Å². The Morgan fingerprint density at radius 3 is 2.42 bits per heavy atom. The monoisotopic (exact) mass is 264 g/mol. The van der Waals surface area contributed by atoms with E-state index in [1.165, 1.54) is 0 Å². The second-order valence-corrected chi connectivity index (χ2v) is 4.54. The van der Waals surface area contributed by atoms with Crippen molar-refractivity contribution in [3.8, 4) is 0 Å². The molecule has 1 heterocycles. The predicted molar refractivity (Wildman–Crippen MR) is 67.9 cm³/mol. The third kappa shape index (κ3) is 3.23. The number of hydrogen-bond acceptors (Lipinski definition) is 3. The van der Waals surface area contributed by atoms with Gasteiger partial charge in [0.25, 0.3) is 0 Å². The highest BCUT2D eigenvalue weighted by Crippen LogP contribution is 2.14. The topological polar surface area (TPSA) is 81.1 Å². The molecule has 1 atom stereocenters. The molecule has 0 bridgehead atoms. The van der Waals surface area contributed by atoms with E-state index in [2.05, 4.69) is 0 Å². The molecule has 0 radical (unpaired) electrons. The Bertz CT molecular complexity index is 463. The lowest BCUT2D eigenvalue weighted by atomic mass is 10.1. The second kappa shape index (κ2) is 5.71. The maximum Gasteiger partial charge on any atom is 0.407 e. The van der Waals surface area contributed by atoms with Crippen molar-refractivity contribution in [1.29, 1.82) is 0 Å². The fourth-order valence-electron chi connectivity index (χ4n) is 2.24. The first-order valence-electron chi connectivity index (χ1n) is 6.06. The zero-order valence-corrected chi connectivity index (χ0v) is 10.4. The Labute approximate surface area is 110 Å². The standard InChI is InChI=1S/C13H16N2O4/c16-12(17)11-9-15(13(18)19)7-6-14(11)8-10-4-2-1-3-5-10/h1-5,11H,6-9H2,(H,16,17)(H,18,19). The van der Waals surface area contributed by atoms with E-state index in [0.717, 1.165) is 10.5 Å². The van der Waals surface area contributed by atoms with Crippen molar-refractivity contribution < 1.29 is 19.8 Å². The van der Waals surface area contributed by atoms with Gasteiger partial charge in [-0.05, 0) is 5.56 Å². The van der Waals surface area contributed by atoms with Gasteiger partial charge in [0.05, 0.1) is 6.54 Å². The van der Waals surface area contributed by atoms with E-state index in [-0.39, 0.29) is 6.54 Å². The first kappa shape index (κ1) is 13.4. The van der Waals surface area contributed by atoms with Crippen LogP contribution >= 0.6 is 0 Å².